The SMILES string of the molecule is Cl.O=C(O)Cn1c2c(c3ccccc31)CCNCC2. The number of fused-ring (bicyclic) bond motifs is 3. The minimum absolute atomic E-state index is 0. The van der Waals surface area contributed by atoms with Crippen LogP contribution in [0.3, 0.4) is 0 Å². The molecule has 4 nitrogen and oxygen atoms in total. The maximum absolute atomic E-state index is 11.0. The van der Waals surface area contributed by atoms with Crippen LogP contribution in [0.25, 0.3) is 10.9 Å². The zero-order valence-electron chi connectivity index (χ0n) is 10.6. The van der Waals surface area contributed by atoms with E-state index in [0.29, 0.717) is 0 Å². The largest absolute Gasteiger partial charge is 0.480 e. The normalized spacial score (nSPS) is 14.5. The number of carboxylic acid groups (broad SMARTS) is 1. The molecule has 0 unspecified atom stereocenters. The number of hydrogen-bond acceptors (Lipinski definition) is 2. The molecule has 1 aliphatic rings. The van der Waals surface area contributed by atoms with Crippen LogP contribution in [-0.2, 0) is 24.2 Å². The van der Waals surface area contributed by atoms with Gasteiger partial charge in [-0.2, -0.15) is 0 Å². The number of nitrogens with zero attached hydrogens (tertiary/aromatic N) is 1. The molecule has 0 fully saturated rings. The summed E-state index contributed by atoms with van der Waals surface area (Å²) < 4.78 is 1.96. The first-order valence-corrected chi connectivity index (χ1v) is 6.29. The smallest absolute Gasteiger partial charge is 0.323 e. The number of benzene rings is 1. The van der Waals surface area contributed by atoms with E-state index in [4.69, 9.17) is 5.11 Å². The number of nitrogens with one attached hydrogen (secondary N) is 1. The first kappa shape index (κ1) is 13.9. The summed E-state index contributed by atoms with van der Waals surface area (Å²) >= 11 is 0. The van der Waals surface area contributed by atoms with Gasteiger partial charge in [-0.1, -0.05) is 18.2 Å². The van der Waals surface area contributed by atoms with E-state index < -0.39 is 5.97 Å². The van der Waals surface area contributed by atoms with Gasteiger partial charge in [-0.25, -0.2) is 0 Å². The number of halogens is 1. The lowest BCUT2D eigenvalue weighted by Gasteiger charge is -2.07. The third kappa shape index (κ3) is 2.46. The standard InChI is InChI=1S/C14H16N2O2.ClH/c17-14(18)9-16-12-4-2-1-3-10(12)11-5-7-15-8-6-13(11)16;/h1-4,15H,5-9H2,(H,17,18);1H. The number of aromatic nitrogens is 1. The molecule has 0 atom stereocenters. The monoisotopic (exact) mass is 280 g/mol. The number of carbonyl (C=O) groups is 1. The lowest BCUT2D eigenvalue weighted by atomic mass is 10.1. The minimum Gasteiger partial charge on any atom is -0.480 e. The zero-order chi connectivity index (χ0) is 12.5. The average Bonchev–Trinajstić information content (AvgIpc) is 2.55. The highest BCUT2D eigenvalue weighted by atomic mass is 35.5. The highest BCUT2D eigenvalue weighted by molar-refractivity contribution is 5.87. The summed E-state index contributed by atoms with van der Waals surface area (Å²) in [5.74, 6) is -0.782. The van der Waals surface area contributed by atoms with E-state index in [9.17, 15) is 4.79 Å². The number of aliphatic carboxylic acids is 1. The number of hydrogen-bond donors (Lipinski definition) is 2. The van der Waals surface area contributed by atoms with Crippen molar-refractivity contribution in [2.24, 2.45) is 0 Å². The zero-order valence-corrected chi connectivity index (χ0v) is 11.4. The lowest BCUT2D eigenvalue weighted by molar-refractivity contribution is -0.137. The second-order valence-corrected chi connectivity index (χ2v) is 4.67. The molecule has 0 radical (unpaired) electrons. The molecule has 2 N–H and O–H groups in total. The van der Waals surface area contributed by atoms with Crippen LogP contribution in [0.2, 0.25) is 0 Å². The van der Waals surface area contributed by atoms with Gasteiger partial charge in [-0.15, -0.1) is 12.4 Å². The van der Waals surface area contributed by atoms with Gasteiger partial charge < -0.3 is 15.0 Å². The Hall–Kier alpha value is -1.52. The Labute approximate surface area is 117 Å². The molecule has 0 aliphatic carbocycles. The summed E-state index contributed by atoms with van der Waals surface area (Å²) in [4.78, 5) is 11.0. The number of para-hydroxylation sites is 1. The quantitative estimate of drug-likeness (QED) is 0.883. The van der Waals surface area contributed by atoms with Gasteiger partial charge in [0.1, 0.15) is 6.54 Å². The Morgan fingerprint density at radius 2 is 2.00 bits per heavy atom. The second kappa shape index (κ2) is 5.63. The fourth-order valence-corrected chi connectivity index (χ4v) is 2.85. The molecule has 0 spiro atoms. The van der Waals surface area contributed by atoms with Gasteiger partial charge in [-0.3, -0.25) is 4.79 Å². The highest BCUT2D eigenvalue weighted by Crippen LogP contribution is 2.28. The van der Waals surface area contributed by atoms with Gasteiger partial charge in [-0.05, 0) is 24.6 Å². The fourth-order valence-electron chi connectivity index (χ4n) is 2.85. The van der Waals surface area contributed by atoms with E-state index in [1.165, 1.54) is 16.6 Å². The summed E-state index contributed by atoms with van der Waals surface area (Å²) in [5.41, 5.74) is 3.55. The Balaban J connectivity index is 0.00000133. The molecule has 2 heterocycles. The summed E-state index contributed by atoms with van der Waals surface area (Å²) in [6, 6.07) is 8.10. The van der Waals surface area contributed by atoms with Crippen LogP contribution in [0.15, 0.2) is 24.3 Å². The fraction of sp³-hybridized carbons (Fsp3) is 0.357. The lowest BCUT2D eigenvalue weighted by Crippen LogP contribution is -2.18. The Morgan fingerprint density at radius 1 is 1.26 bits per heavy atom. The van der Waals surface area contributed by atoms with Crippen LogP contribution in [0.4, 0.5) is 0 Å². The molecular formula is C14H17ClN2O2. The van der Waals surface area contributed by atoms with Gasteiger partial charge >= 0.3 is 5.97 Å². The first-order chi connectivity index (χ1) is 8.77. The van der Waals surface area contributed by atoms with E-state index in [1.807, 2.05) is 22.8 Å². The van der Waals surface area contributed by atoms with E-state index in [2.05, 4.69) is 11.4 Å². The van der Waals surface area contributed by atoms with E-state index in [-0.39, 0.29) is 19.0 Å². The highest BCUT2D eigenvalue weighted by Gasteiger charge is 2.19. The van der Waals surface area contributed by atoms with Crippen molar-refractivity contribution in [2.75, 3.05) is 13.1 Å². The third-order valence-corrected chi connectivity index (χ3v) is 3.58. The van der Waals surface area contributed by atoms with Crippen molar-refractivity contribution in [3.05, 3.63) is 35.5 Å². The molecule has 0 bridgehead atoms. The van der Waals surface area contributed by atoms with E-state index >= 15 is 0 Å². The third-order valence-electron chi connectivity index (χ3n) is 3.58. The predicted molar refractivity (Wildman–Crippen MR) is 77.1 cm³/mol. The van der Waals surface area contributed by atoms with Crippen LogP contribution in [0.1, 0.15) is 11.3 Å². The maximum atomic E-state index is 11.0. The predicted octanol–water partition coefficient (Wildman–Crippen LogP) is 1.84. The number of carboxylic acids is 1. The van der Waals surface area contributed by atoms with Gasteiger partial charge in [0, 0.05) is 29.6 Å². The van der Waals surface area contributed by atoms with Crippen molar-refractivity contribution in [1.82, 2.24) is 9.88 Å². The molecule has 102 valence electrons. The van der Waals surface area contributed by atoms with E-state index in [1.54, 1.807) is 0 Å². The van der Waals surface area contributed by atoms with Crippen LogP contribution in [0, 0.1) is 0 Å². The second-order valence-electron chi connectivity index (χ2n) is 4.67. The van der Waals surface area contributed by atoms with Crippen molar-refractivity contribution in [3.8, 4) is 0 Å². The molecule has 0 saturated heterocycles. The van der Waals surface area contributed by atoms with Crippen molar-refractivity contribution in [3.63, 3.8) is 0 Å². The molecule has 0 saturated carbocycles. The molecule has 19 heavy (non-hydrogen) atoms. The van der Waals surface area contributed by atoms with Gasteiger partial charge in [0.2, 0.25) is 0 Å². The summed E-state index contributed by atoms with van der Waals surface area (Å²) in [6.07, 6.45) is 1.87. The van der Waals surface area contributed by atoms with Crippen LogP contribution in [-0.4, -0.2) is 28.7 Å². The summed E-state index contributed by atoms with van der Waals surface area (Å²) in [6.45, 7) is 1.94. The maximum Gasteiger partial charge on any atom is 0.323 e. The molecule has 2 aromatic rings. The Morgan fingerprint density at radius 3 is 2.79 bits per heavy atom. The van der Waals surface area contributed by atoms with Crippen molar-refractivity contribution in [2.45, 2.75) is 19.4 Å². The average molecular weight is 281 g/mol. The molecular weight excluding hydrogens is 264 g/mol. The summed E-state index contributed by atoms with van der Waals surface area (Å²) in [5, 5.41) is 13.7. The molecule has 1 aromatic heterocycles. The van der Waals surface area contributed by atoms with Crippen molar-refractivity contribution in [1.29, 1.82) is 0 Å². The molecule has 0 amide bonds. The molecule has 1 aliphatic heterocycles. The topological polar surface area (TPSA) is 54.3 Å². The first-order valence-electron chi connectivity index (χ1n) is 6.29. The van der Waals surface area contributed by atoms with E-state index in [0.717, 1.165) is 31.4 Å². The van der Waals surface area contributed by atoms with Crippen LogP contribution in [0.5, 0.6) is 0 Å². The number of rotatable bonds is 2. The molecule has 5 heteroatoms. The Bertz CT molecular complexity index is 607. The Kier molecular flexibility index (Phi) is 4.12. The van der Waals surface area contributed by atoms with Gasteiger partial charge in [0.05, 0.1) is 0 Å². The summed E-state index contributed by atoms with van der Waals surface area (Å²) in [7, 11) is 0. The molecule has 3 rings (SSSR count). The van der Waals surface area contributed by atoms with Gasteiger partial charge in [0.25, 0.3) is 0 Å². The van der Waals surface area contributed by atoms with Crippen molar-refractivity contribution < 1.29 is 9.90 Å². The van der Waals surface area contributed by atoms with Crippen LogP contribution >= 0.6 is 12.4 Å². The van der Waals surface area contributed by atoms with Crippen molar-refractivity contribution >= 4 is 29.3 Å². The van der Waals surface area contributed by atoms with Gasteiger partial charge in [0.15, 0.2) is 0 Å². The molecule has 1 aromatic carbocycles. The minimum atomic E-state index is -0.782. The van der Waals surface area contributed by atoms with Crippen LogP contribution < -0.4 is 5.32 Å².